The molecule has 7 heteroatoms. The lowest BCUT2D eigenvalue weighted by atomic mass is 10.6. The number of aromatic nitrogens is 1. The summed E-state index contributed by atoms with van der Waals surface area (Å²) in [4.78, 5) is 4.07. The molecule has 0 amide bonds. The van der Waals surface area contributed by atoms with Gasteiger partial charge in [-0.1, -0.05) is 11.3 Å². The van der Waals surface area contributed by atoms with Crippen molar-refractivity contribution in [3.05, 3.63) is 5.69 Å². The number of sulfonamides is 1. The normalized spacial score (nSPS) is 11.6. The van der Waals surface area contributed by atoms with E-state index in [4.69, 9.17) is 0 Å². The van der Waals surface area contributed by atoms with Gasteiger partial charge in [0, 0.05) is 0 Å². The second-order valence-electron chi connectivity index (χ2n) is 2.47. The summed E-state index contributed by atoms with van der Waals surface area (Å²) in [7, 11) is -3.20. The number of hydrogen-bond donors (Lipinski definition) is 1. The van der Waals surface area contributed by atoms with Crippen molar-refractivity contribution < 1.29 is 8.42 Å². The average Bonchev–Trinajstić information content (AvgIpc) is 2.26. The van der Waals surface area contributed by atoms with Gasteiger partial charge in [0.05, 0.1) is 16.2 Å². The first-order chi connectivity index (χ1) is 5.92. The fourth-order valence-corrected chi connectivity index (χ4v) is 3.22. The molecule has 0 atom stereocenters. The molecule has 0 aliphatic heterocycles. The van der Waals surface area contributed by atoms with Crippen molar-refractivity contribution >= 4 is 38.3 Å². The van der Waals surface area contributed by atoms with E-state index in [2.05, 4.69) is 9.71 Å². The van der Waals surface area contributed by atoms with Gasteiger partial charge in [0.15, 0.2) is 5.13 Å². The molecule has 0 saturated heterocycles. The number of nitrogens with one attached hydrogen (secondary N) is 1. The van der Waals surface area contributed by atoms with Crippen molar-refractivity contribution in [3.8, 4) is 0 Å². The van der Waals surface area contributed by atoms with Gasteiger partial charge in [-0.25, -0.2) is 13.4 Å². The molecule has 0 fully saturated rings. The standard InChI is InChI=1S/C6H10N2O2S3/c1-4-5(11-2)12-6(7-4)8-13(3,9)10/h1-3H3,(H,7,8). The number of thiazole rings is 1. The summed E-state index contributed by atoms with van der Waals surface area (Å²) < 4.78 is 25.1. The highest BCUT2D eigenvalue weighted by atomic mass is 32.2. The van der Waals surface area contributed by atoms with Gasteiger partial charge in [-0.05, 0) is 13.2 Å². The summed E-state index contributed by atoms with van der Waals surface area (Å²) in [5.74, 6) is 0. The number of aryl methyl sites for hydroxylation is 1. The largest absolute Gasteiger partial charge is 0.259 e. The topological polar surface area (TPSA) is 59.1 Å². The molecule has 1 heterocycles. The van der Waals surface area contributed by atoms with Crippen molar-refractivity contribution in [2.75, 3.05) is 17.2 Å². The summed E-state index contributed by atoms with van der Waals surface area (Å²) in [6, 6.07) is 0. The van der Waals surface area contributed by atoms with Crippen LogP contribution in [0.4, 0.5) is 5.13 Å². The molecule has 1 aromatic heterocycles. The van der Waals surface area contributed by atoms with Gasteiger partial charge in [-0.2, -0.15) is 0 Å². The Morgan fingerprint density at radius 2 is 2.15 bits per heavy atom. The van der Waals surface area contributed by atoms with Crippen LogP contribution in [0.3, 0.4) is 0 Å². The molecular formula is C6H10N2O2S3. The minimum Gasteiger partial charge on any atom is -0.259 e. The number of rotatable bonds is 3. The zero-order valence-corrected chi connectivity index (χ0v) is 9.94. The lowest BCUT2D eigenvalue weighted by molar-refractivity contribution is 0.607. The Labute approximate surface area is 85.8 Å². The van der Waals surface area contributed by atoms with Gasteiger partial charge in [0.2, 0.25) is 10.0 Å². The van der Waals surface area contributed by atoms with Gasteiger partial charge in [0.25, 0.3) is 0 Å². The lowest BCUT2D eigenvalue weighted by Gasteiger charge is -1.95. The third kappa shape index (κ3) is 3.17. The summed E-state index contributed by atoms with van der Waals surface area (Å²) in [5.41, 5.74) is 0.864. The van der Waals surface area contributed by atoms with Gasteiger partial charge in [-0.3, -0.25) is 4.72 Å². The van der Waals surface area contributed by atoms with Crippen LogP contribution in [-0.4, -0.2) is 25.9 Å². The van der Waals surface area contributed by atoms with Crippen molar-refractivity contribution in [1.29, 1.82) is 0 Å². The fourth-order valence-electron chi connectivity index (χ4n) is 0.774. The molecule has 0 saturated carbocycles. The molecule has 4 nitrogen and oxygen atoms in total. The molecule has 0 unspecified atom stereocenters. The van der Waals surface area contributed by atoms with E-state index in [1.54, 1.807) is 11.8 Å². The van der Waals surface area contributed by atoms with Crippen molar-refractivity contribution in [1.82, 2.24) is 4.98 Å². The Hall–Kier alpha value is -0.270. The molecule has 0 aliphatic rings. The van der Waals surface area contributed by atoms with E-state index in [1.807, 2.05) is 13.2 Å². The minimum atomic E-state index is -3.20. The van der Waals surface area contributed by atoms with Crippen LogP contribution in [0.1, 0.15) is 5.69 Å². The quantitative estimate of drug-likeness (QED) is 0.812. The summed E-state index contributed by atoms with van der Waals surface area (Å²) >= 11 is 2.91. The Morgan fingerprint density at radius 3 is 2.54 bits per heavy atom. The highest BCUT2D eigenvalue weighted by Gasteiger charge is 2.09. The van der Waals surface area contributed by atoms with Gasteiger partial charge < -0.3 is 0 Å². The van der Waals surface area contributed by atoms with Gasteiger partial charge >= 0.3 is 0 Å². The van der Waals surface area contributed by atoms with Crippen LogP contribution in [0.25, 0.3) is 0 Å². The maximum absolute atomic E-state index is 10.9. The molecule has 0 aromatic carbocycles. The van der Waals surface area contributed by atoms with Crippen LogP contribution in [0.15, 0.2) is 4.21 Å². The third-order valence-corrected chi connectivity index (χ3v) is 4.19. The third-order valence-electron chi connectivity index (χ3n) is 1.21. The van der Waals surface area contributed by atoms with Crippen LogP contribution >= 0.6 is 23.1 Å². The fraction of sp³-hybridized carbons (Fsp3) is 0.500. The van der Waals surface area contributed by atoms with Gasteiger partial charge in [0.1, 0.15) is 0 Å². The molecule has 1 aromatic rings. The monoisotopic (exact) mass is 238 g/mol. The summed E-state index contributed by atoms with van der Waals surface area (Å²) in [6.07, 6.45) is 3.05. The Balaban J connectivity index is 2.92. The maximum atomic E-state index is 10.9. The predicted molar refractivity (Wildman–Crippen MR) is 57.1 cm³/mol. The number of nitrogens with zero attached hydrogens (tertiary/aromatic N) is 1. The van der Waals surface area contributed by atoms with E-state index in [0.717, 1.165) is 16.2 Å². The first kappa shape index (κ1) is 10.8. The Bertz CT molecular complexity index is 396. The molecule has 0 spiro atoms. The molecule has 0 aliphatic carbocycles. The highest BCUT2D eigenvalue weighted by Crippen LogP contribution is 2.30. The van der Waals surface area contributed by atoms with E-state index in [9.17, 15) is 8.42 Å². The second-order valence-corrected chi connectivity index (χ2v) is 6.29. The molecule has 74 valence electrons. The molecule has 1 rings (SSSR count). The summed E-state index contributed by atoms with van der Waals surface area (Å²) in [6.45, 7) is 1.86. The number of thioether (sulfide) groups is 1. The predicted octanol–water partition coefficient (Wildman–Crippen LogP) is 1.54. The van der Waals surface area contributed by atoms with Gasteiger partial charge in [-0.15, -0.1) is 11.8 Å². The van der Waals surface area contributed by atoms with Crippen LogP contribution in [-0.2, 0) is 10.0 Å². The first-order valence-corrected chi connectivity index (χ1v) is 7.35. The number of hydrogen-bond acceptors (Lipinski definition) is 5. The smallest absolute Gasteiger partial charge is 0.231 e. The van der Waals surface area contributed by atoms with E-state index in [0.29, 0.717) is 5.13 Å². The van der Waals surface area contributed by atoms with E-state index >= 15 is 0 Å². The zero-order chi connectivity index (χ0) is 10.1. The van der Waals surface area contributed by atoms with Crippen molar-refractivity contribution in [2.45, 2.75) is 11.1 Å². The molecular weight excluding hydrogens is 228 g/mol. The molecule has 1 N–H and O–H groups in total. The average molecular weight is 238 g/mol. The van der Waals surface area contributed by atoms with Crippen LogP contribution in [0.5, 0.6) is 0 Å². The molecule has 13 heavy (non-hydrogen) atoms. The van der Waals surface area contributed by atoms with Crippen LogP contribution in [0.2, 0.25) is 0 Å². The van der Waals surface area contributed by atoms with E-state index < -0.39 is 10.0 Å². The maximum Gasteiger partial charge on any atom is 0.231 e. The van der Waals surface area contributed by atoms with Crippen molar-refractivity contribution in [2.24, 2.45) is 0 Å². The Morgan fingerprint density at radius 1 is 1.54 bits per heavy atom. The minimum absolute atomic E-state index is 0.435. The van der Waals surface area contributed by atoms with Crippen LogP contribution in [0, 0.1) is 6.92 Å². The summed E-state index contributed by atoms with van der Waals surface area (Å²) in [5, 5.41) is 0.435. The SMILES string of the molecule is CSc1sc(NS(C)(=O)=O)nc1C. The highest BCUT2D eigenvalue weighted by molar-refractivity contribution is 8.00. The van der Waals surface area contributed by atoms with E-state index in [1.165, 1.54) is 11.3 Å². The Kier molecular flexibility index (Phi) is 3.20. The molecule has 0 radical (unpaired) electrons. The van der Waals surface area contributed by atoms with Crippen molar-refractivity contribution in [3.63, 3.8) is 0 Å². The first-order valence-electron chi connectivity index (χ1n) is 3.41. The number of anilines is 1. The molecule has 0 bridgehead atoms. The zero-order valence-electron chi connectivity index (χ0n) is 7.49. The van der Waals surface area contributed by atoms with Crippen LogP contribution < -0.4 is 4.72 Å². The lowest BCUT2D eigenvalue weighted by Crippen LogP contribution is -2.08. The second kappa shape index (κ2) is 3.85. The van der Waals surface area contributed by atoms with E-state index in [-0.39, 0.29) is 0 Å².